The Bertz CT molecular complexity index is 1120. The first-order valence-corrected chi connectivity index (χ1v) is 11.9. The second-order valence-electron chi connectivity index (χ2n) is 8.63. The number of nitrogens with one attached hydrogen (secondary N) is 1. The first-order chi connectivity index (χ1) is 17.4. The highest BCUT2D eigenvalue weighted by Gasteiger charge is 2.47. The molecule has 5 rings (SSSR count). The fourth-order valence-electron chi connectivity index (χ4n) is 4.32. The summed E-state index contributed by atoms with van der Waals surface area (Å²) in [6, 6.07) is 30.4. The maximum absolute atomic E-state index is 6.50. The van der Waals surface area contributed by atoms with Gasteiger partial charge in [-0.15, -0.1) is 0 Å². The Hall–Kier alpha value is -3.29. The number of aromatic amines is 1. The van der Waals surface area contributed by atoms with Crippen LogP contribution in [0.4, 0.5) is 0 Å². The molecule has 180 valence electrons. The lowest BCUT2D eigenvalue weighted by molar-refractivity contribution is -0.0898. The maximum Gasteiger partial charge on any atom is 0.128 e. The first kappa shape index (κ1) is 23.5. The van der Waals surface area contributed by atoms with Gasteiger partial charge in [0, 0.05) is 0 Å². The van der Waals surface area contributed by atoms with Gasteiger partial charge in [-0.2, -0.15) is 0 Å². The van der Waals surface area contributed by atoms with Crippen molar-refractivity contribution in [3.63, 3.8) is 0 Å². The van der Waals surface area contributed by atoms with E-state index in [0.717, 1.165) is 22.4 Å². The van der Waals surface area contributed by atoms with Crippen LogP contribution in [0.2, 0.25) is 0 Å². The summed E-state index contributed by atoms with van der Waals surface area (Å²) in [5.41, 5.74) is 4.18. The van der Waals surface area contributed by atoms with Gasteiger partial charge >= 0.3 is 0 Å². The number of benzene rings is 3. The Balaban J connectivity index is 1.33. The standard InChI is InChI=1S/C29H30N2O4/c1-4-10-22(11-5-1)17-32-20-26-28(33-18-23-12-6-2-7-13-23)29(27(35-26)25-16-30-21-31-25)34-19-24-14-8-3-9-15-24/h1-16,21,26-29H,17-20H2,(H,30,31)/t26-,27-,28-,29+/m1/s1. The molecule has 0 saturated carbocycles. The van der Waals surface area contributed by atoms with Gasteiger partial charge < -0.3 is 23.9 Å². The minimum absolute atomic E-state index is 0.295. The van der Waals surface area contributed by atoms with Crippen LogP contribution < -0.4 is 0 Å². The molecule has 2 heterocycles. The topological polar surface area (TPSA) is 65.6 Å². The Morgan fingerprint density at radius 1 is 0.686 bits per heavy atom. The Labute approximate surface area is 205 Å². The fraction of sp³-hybridized carbons (Fsp3) is 0.276. The van der Waals surface area contributed by atoms with Crippen molar-refractivity contribution in [1.29, 1.82) is 0 Å². The molecule has 0 unspecified atom stereocenters. The molecule has 3 aromatic carbocycles. The SMILES string of the molecule is c1ccc(COC[C@H]2O[C@H](c3cnc[nH]3)[C@H](OCc3ccccc3)[C@@H]2OCc2ccccc2)cc1. The molecule has 1 aliphatic rings. The molecule has 1 N–H and O–H groups in total. The highest BCUT2D eigenvalue weighted by atomic mass is 16.6. The summed E-state index contributed by atoms with van der Waals surface area (Å²) in [6.07, 6.45) is 2.16. The van der Waals surface area contributed by atoms with Gasteiger partial charge in [0.1, 0.15) is 24.4 Å². The van der Waals surface area contributed by atoms with Gasteiger partial charge in [0.15, 0.2) is 0 Å². The molecule has 0 radical (unpaired) electrons. The van der Waals surface area contributed by atoms with Crippen molar-refractivity contribution in [3.8, 4) is 0 Å². The minimum atomic E-state index is -0.340. The molecule has 6 heteroatoms. The van der Waals surface area contributed by atoms with Gasteiger partial charge in [0.2, 0.25) is 0 Å². The maximum atomic E-state index is 6.50. The van der Waals surface area contributed by atoms with Crippen LogP contribution in [0, 0.1) is 0 Å². The van der Waals surface area contributed by atoms with Crippen LogP contribution >= 0.6 is 0 Å². The Morgan fingerprint density at radius 3 is 1.77 bits per heavy atom. The zero-order valence-corrected chi connectivity index (χ0v) is 19.5. The average Bonchev–Trinajstić information content (AvgIpc) is 3.56. The van der Waals surface area contributed by atoms with Crippen LogP contribution in [-0.2, 0) is 38.8 Å². The number of nitrogens with zero attached hydrogens (tertiary/aromatic N) is 1. The Kier molecular flexibility index (Phi) is 7.98. The number of ether oxygens (including phenoxy) is 4. The normalized spacial score (nSPS) is 21.8. The predicted octanol–water partition coefficient (Wildman–Crippen LogP) is 5.24. The van der Waals surface area contributed by atoms with Crippen LogP contribution in [0.5, 0.6) is 0 Å². The number of hydrogen-bond donors (Lipinski definition) is 1. The van der Waals surface area contributed by atoms with Gasteiger partial charge in [-0.1, -0.05) is 91.0 Å². The van der Waals surface area contributed by atoms with Crippen LogP contribution in [0.3, 0.4) is 0 Å². The Morgan fingerprint density at radius 2 is 1.23 bits per heavy atom. The van der Waals surface area contributed by atoms with Gasteiger partial charge in [-0.05, 0) is 16.7 Å². The molecule has 4 aromatic rings. The number of hydrogen-bond acceptors (Lipinski definition) is 5. The second kappa shape index (κ2) is 11.9. The minimum Gasteiger partial charge on any atom is -0.374 e. The van der Waals surface area contributed by atoms with Crippen molar-refractivity contribution in [2.24, 2.45) is 0 Å². The number of rotatable bonds is 11. The third kappa shape index (κ3) is 6.24. The third-order valence-electron chi connectivity index (χ3n) is 6.10. The monoisotopic (exact) mass is 470 g/mol. The highest BCUT2D eigenvalue weighted by molar-refractivity contribution is 5.16. The summed E-state index contributed by atoms with van der Waals surface area (Å²) >= 11 is 0. The summed E-state index contributed by atoms with van der Waals surface area (Å²) in [7, 11) is 0. The average molecular weight is 471 g/mol. The van der Waals surface area contributed by atoms with E-state index in [1.165, 1.54) is 0 Å². The summed E-state index contributed by atoms with van der Waals surface area (Å²) < 4.78 is 25.5. The van der Waals surface area contributed by atoms with E-state index >= 15 is 0 Å². The second-order valence-corrected chi connectivity index (χ2v) is 8.63. The molecule has 1 aliphatic heterocycles. The summed E-state index contributed by atoms with van der Waals surface area (Å²) in [5, 5.41) is 0. The molecule has 0 bridgehead atoms. The molecule has 1 fully saturated rings. The van der Waals surface area contributed by atoms with Gasteiger partial charge in [-0.3, -0.25) is 0 Å². The molecule has 4 atom stereocenters. The van der Waals surface area contributed by atoms with Gasteiger partial charge in [0.25, 0.3) is 0 Å². The van der Waals surface area contributed by atoms with Crippen molar-refractivity contribution >= 4 is 0 Å². The summed E-state index contributed by atoms with van der Waals surface area (Å²) in [4.78, 5) is 7.39. The zero-order chi connectivity index (χ0) is 23.7. The van der Waals surface area contributed by atoms with Crippen molar-refractivity contribution in [3.05, 3.63) is 126 Å². The molecule has 0 spiro atoms. The largest absolute Gasteiger partial charge is 0.374 e. The van der Waals surface area contributed by atoms with Crippen molar-refractivity contribution in [1.82, 2.24) is 9.97 Å². The summed E-state index contributed by atoms with van der Waals surface area (Å²) in [6.45, 7) is 1.83. The van der Waals surface area contributed by atoms with Crippen LogP contribution in [0.15, 0.2) is 104 Å². The van der Waals surface area contributed by atoms with Crippen LogP contribution in [0.1, 0.15) is 28.5 Å². The van der Waals surface area contributed by atoms with E-state index in [0.29, 0.717) is 26.4 Å². The number of imidazole rings is 1. The molecule has 0 aliphatic carbocycles. The van der Waals surface area contributed by atoms with E-state index in [9.17, 15) is 0 Å². The van der Waals surface area contributed by atoms with E-state index in [1.807, 2.05) is 54.6 Å². The quantitative estimate of drug-likeness (QED) is 0.325. The van der Waals surface area contributed by atoms with Crippen molar-refractivity contribution in [2.75, 3.05) is 6.61 Å². The van der Waals surface area contributed by atoms with Crippen LogP contribution in [-0.4, -0.2) is 34.9 Å². The lowest BCUT2D eigenvalue weighted by Crippen LogP contribution is -2.37. The smallest absolute Gasteiger partial charge is 0.128 e. The molecule has 1 saturated heterocycles. The van der Waals surface area contributed by atoms with Gasteiger partial charge in [-0.25, -0.2) is 4.98 Å². The van der Waals surface area contributed by atoms with E-state index < -0.39 is 0 Å². The molecule has 0 amide bonds. The fourth-order valence-corrected chi connectivity index (χ4v) is 4.32. The molecule has 6 nitrogen and oxygen atoms in total. The summed E-state index contributed by atoms with van der Waals surface area (Å²) in [5.74, 6) is 0. The van der Waals surface area contributed by atoms with Crippen LogP contribution in [0.25, 0.3) is 0 Å². The predicted molar refractivity (Wildman–Crippen MR) is 132 cm³/mol. The lowest BCUT2D eigenvalue weighted by Gasteiger charge is -2.25. The number of H-pyrrole nitrogens is 1. The van der Waals surface area contributed by atoms with E-state index in [-0.39, 0.29) is 24.4 Å². The molecular formula is C29H30N2O4. The molecule has 1 aromatic heterocycles. The van der Waals surface area contributed by atoms with Gasteiger partial charge in [0.05, 0.1) is 44.6 Å². The highest BCUT2D eigenvalue weighted by Crippen LogP contribution is 2.37. The van der Waals surface area contributed by atoms with E-state index in [1.54, 1.807) is 12.5 Å². The van der Waals surface area contributed by atoms with Crippen molar-refractivity contribution < 1.29 is 18.9 Å². The molecular weight excluding hydrogens is 440 g/mol. The number of aromatic nitrogens is 2. The molecule has 35 heavy (non-hydrogen) atoms. The zero-order valence-electron chi connectivity index (χ0n) is 19.5. The van der Waals surface area contributed by atoms with E-state index in [2.05, 4.69) is 46.4 Å². The third-order valence-corrected chi connectivity index (χ3v) is 6.10. The van der Waals surface area contributed by atoms with Crippen molar-refractivity contribution in [2.45, 2.75) is 44.2 Å². The van der Waals surface area contributed by atoms with E-state index in [4.69, 9.17) is 18.9 Å². The first-order valence-electron chi connectivity index (χ1n) is 11.9. The lowest BCUT2D eigenvalue weighted by atomic mass is 10.1.